The van der Waals surface area contributed by atoms with Crippen molar-refractivity contribution in [3.8, 4) is 44.5 Å². The van der Waals surface area contributed by atoms with Gasteiger partial charge in [-0.1, -0.05) is 123 Å². The molecule has 0 aliphatic heterocycles. The lowest BCUT2D eigenvalue weighted by molar-refractivity contribution is 0.660. The first kappa shape index (κ1) is 23.8. The summed E-state index contributed by atoms with van der Waals surface area (Å²) in [4.78, 5) is 4.32. The largest absolute Gasteiger partial charge is 0.265 e. The molecule has 0 bridgehead atoms. The predicted molar refractivity (Wildman–Crippen MR) is 173 cm³/mol. The summed E-state index contributed by atoms with van der Waals surface area (Å²) < 4.78 is 0. The van der Waals surface area contributed by atoms with Crippen LogP contribution in [0.3, 0.4) is 0 Å². The van der Waals surface area contributed by atoms with Crippen molar-refractivity contribution in [2.24, 2.45) is 0 Å². The highest BCUT2D eigenvalue weighted by atomic mass is 14.6. The zero-order valence-electron chi connectivity index (χ0n) is 23.2. The van der Waals surface area contributed by atoms with Crippen LogP contribution in [0.2, 0.25) is 0 Å². The summed E-state index contributed by atoms with van der Waals surface area (Å²) in [7, 11) is 0. The summed E-state index contributed by atoms with van der Waals surface area (Å²) in [5, 5.41) is 5.06. The Labute approximate surface area is 240 Å². The monoisotopic (exact) mass is 523 g/mol. The highest BCUT2D eigenvalue weighted by Gasteiger charge is 2.37. The van der Waals surface area contributed by atoms with Crippen LogP contribution in [0.1, 0.15) is 25.0 Å². The number of hydrogen-bond donors (Lipinski definition) is 0. The Balaban J connectivity index is 1.56. The molecule has 0 N–H and O–H groups in total. The smallest absolute Gasteiger partial charge is 0.0273 e. The van der Waals surface area contributed by atoms with E-state index in [4.69, 9.17) is 0 Å². The zero-order chi connectivity index (χ0) is 27.6. The molecule has 0 saturated heterocycles. The van der Waals surface area contributed by atoms with Crippen LogP contribution < -0.4 is 0 Å². The van der Waals surface area contributed by atoms with E-state index in [0.717, 1.165) is 0 Å². The van der Waals surface area contributed by atoms with E-state index in [-0.39, 0.29) is 5.41 Å². The third-order valence-electron chi connectivity index (χ3n) is 8.98. The lowest BCUT2D eigenvalue weighted by Crippen LogP contribution is -2.14. The van der Waals surface area contributed by atoms with Crippen LogP contribution in [-0.4, -0.2) is 4.98 Å². The Morgan fingerprint density at radius 2 is 1.05 bits per heavy atom. The first-order valence-electron chi connectivity index (χ1n) is 14.3. The maximum Gasteiger partial charge on any atom is 0.0273 e. The molecule has 0 amide bonds. The van der Waals surface area contributed by atoms with E-state index >= 15 is 0 Å². The number of pyridine rings is 1. The first-order valence-corrected chi connectivity index (χ1v) is 14.3. The van der Waals surface area contributed by atoms with E-state index in [1.165, 1.54) is 77.2 Å². The number of rotatable bonds is 3. The fraction of sp³-hybridized carbons (Fsp3) is 0.0750. The zero-order valence-corrected chi connectivity index (χ0v) is 23.2. The number of fused-ring (bicyclic) bond motifs is 5. The van der Waals surface area contributed by atoms with Gasteiger partial charge in [0.25, 0.3) is 0 Å². The third-order valence-corrected chi connectivity index (χ3v) is 8.98. The Hall–Kier alpha value is -5.01. The lowest BCUT2D eigenvalue weighted by Gasteiger charge is -2.23. The topological polar surface area (TPSA) is 12.9 Å². The average molecular weight is 524 g/mol. The van der Waals surface area contributed by atoms with Gasteiger partial charge in [0, 0.05) is 17.8 Å². The number of nitrogens with zero attached hydrogens (tertiary/aromatic N) is 1. The van der Waals surface area contributed by atoms with Crippen molar-refractivity contribution in [2.45, 2.75) is 19.3 Å². The summed E-state index contributed by atoms with van der Waals surface area (Å²) in [6.45, 7) is 4.72. The Kier molecular flexibility index (Phi) is 5.24. The van der Waals surface area contributed by atoms with Crippen molar-refractivity contribution in [1.82, 2.24) is 4.98 Å². The quantitative estimate of drug-likeness (QED) is 0.210. The molecule has 194 valence electrons. The molecule has 1 aromatic heterocycles. The number of benzene rings is 6. The number of hydrogen-bond acceptors (Lipinski definition) is 1. The van der Waals surface area contributed by atoms with Gasteiger partial charge in [0.1, 0.15) is 0 Å². The van der Waals surface area contributed by atoms with Crippen molar-refractivity contribution < 1.29 is 0 Å². The van der Waals surface area contributed by atoms with E-state index in [2.05, 4.69) is 146 Å². The molecule has 1 aliphatic carbocycles. The molecule has 8 rings (SSSR count). The van der Waals surface area contributed by atoms with Gasteiger partial charge in [-0.2, -0.15) is 0 Å². The molecular weight excluding hydrogens is 494 g/mol. The van der Waals surface area contributed by atoms with E-state index in [0.29, 0.717) is 0 Å². The molecule has 0 radical (unpaired) electrons. The van der Waals surface area contributed by atoms with Gasteiger partial charge in [-0.15, -0.1) is 0 Å². The fourth-order valence-electron chi connectivity index (χ4n) is 7.07. The van der Waals surface area contributed by atoms with Gasteiger partial charge in [0.05, 0.1) is 0 Å². The van der Waals surface area contributed by atoms with Crippen molar-refractivity contribution >= 4 is 21.5 Å². The molecule has 0 fully saturated rings. The van der Waals surface area contributed by atoms with Gasteiger partial charge in [0.15, 0.2) is 0 Å². The number of aromatic nitrogens is 1. The van der Waals surface area contributed by atoms with Crippen molar-refractivity contribution in [3.63, 3.8) is 0 Å². The second-order valence-corrected chi connectivity index (χ2v) is 11.6. The van der Waals surface area contributed by atoms with Gasteiger partial charge in [-0.25, -0.2) is 0 Å². The van der Waals surface area contributed by atoms with Gasteiger partial charge in [-0.3, -0.25) is 4.98 Å². The van der Waals surface area contributed by atoms with Crippen LogP contribution in [0.15, 0.2) is 140 Å². The molecule has 1 heterocycles. The molecule has 7 aromatic rings. The van der Waals surface area contributed by atoms with Gasteiger partial charge >= 0.3 is 0 Å². The van der Waals surface area contributed by atoms with E-state index in [1.54, 1.807) is 0 Å². The second kappa shape index (κ2) is 9.01. The average Bonchev–Trinajstić information content (AvgIpc) is 3.27. The molecule has 0 spiro atoms. The molecule has 1 nitrogen and oxygen atoms in total. The van der Waals surface area contributed by atoms with Crippen LogP contribution in [0.25, 0.3) is 66.1 Å². The summed E-state index contributed by atoms with van der Waals surface area (Å²) >= 11 is 0. The summed E-state index contributed by atoms with van der Waals surface area (Å²) in [5.41, 5.74) is 12.9. The highest BCUT2D eigenvalue weighted by molar-refractivity contribution is 6.23. The summed E-state index contributed by atoms with van der Waals surface area (Å²) in [6, 6.07) is 46.8. The van der Waals surface area contributed by atoms with Crippen LogP contribution in [0.5, 0.6) is 0 Å². The minimum absolute atomic E-state index is 0.0558. The van der Waals surface area contributed by atoms with Crippen LogP contribution in [0.4, 0.5) is 0 Å². The third kappa shape index (κ3) is 3.52. The highest BCUT2D eigenvalue weighted by Crippen LogP contribution is 2.54. The Morgan fingerprint density at radius 3 is 1.85 bits per heavy atom. The van der Waals surface area contributed by atoms with Crippen molar-refractivity contribution in [2.75, 3.05) is 0 Å². The standard InChI is InChI=1S/C40H29N/c1-40(2)35-17-9-8-15-32(35)39-33(16-10-18-36(39)40)38-30-14-7-6-13-29(30)37(27-21-23-41-24-22-27)31-20-19-28(25-34(31)38)26-11-4-3-5-12-26/h3-25H,1-2H3. The molecule has 0 saturated carbocycles. The second-order valence-electron chi connectivity index (χ2n) is 11.6. The fourth-order valence-corrected chi connectivity index (χ4v) is 7.07. The first-order chi connectivity index (χ1) is 20.1. The van der Waals surface area contributed by atoms with Crippen LogP contribution in [-0.2, 0) is 5.41 Å². The van der Waals surface area contributed by atoms with Crippen LogP contribution >= 0.6 is 0 Å². The molecule has 1 heteroatoms. The minimum Gasteiger partial charge on any atom is -0.265 e. The van der Waals surface area contributed by atoms with Gasteiger partial charge in [0.2, 0.25) is 0 Å². The predicted octanol–water partition coefficient (Wildman–Crippen LogP) is 10.7. The Morgan fingerprint density at radius 1 is 0.415 bits per heavy atom. The molecule has 41 heavy (non-hydrogen) atoms. The SMILES string of the molecule is CC1(C)c2ccccc2-c2c(-c3c4ccccc4c(-c4ccncc4)c4ccc(-c5ccccc5)cc34)cccc21. The van der Waals surface area contributed by atoms with E-state index < -0.39 is 0 Å². The molecule has 0 atom stereocenters. The van der Waals surface area contributed by atoms with E-state index in [9.17, 15) is 0 Å². The summed E-state index contributed by atoms with van der Waals surface area (Å²) in [6.07, 6.45) is 3.79. The van der Waals surface area contributed by atoms with Crippen molar-refractivity contribution in [3.05, 3.63) is 151 Å². The van der Waals surface area contributed by atoms with Gasteiger partial charge < -0.3 is 0 Å². The lowest BCUT2D eigenvalue weighted by atomic mass is 9.80. The molecule has 0 unspecified atom stereocenters. The van der Waals surface area contributed by atoms with Crippen LogP contribution in [0, 0.1) is 0 Å². The van der Waals surface area contributed by atoms with Gasteiger partial charge in [-0.05, 0) is 95.4 Å². The maximum atomic E-state index is 4.32. The Bertz CT molecular complexity index is 2100. The normalized spacial score (nSPS) is 13.3. The maximum absolute atomic E-state index is 4.32. The van der Waals surface area contributed by atoms with E-state index in [1.807, 2.05) is 12.4 Å². The molecular formula is C40H29N. The van der Waals surface area contributed by atoms with Crippen molar-refractivity contribution in [1.29, 1.82) is 0 Å². The molecule has 6 aromatic carbocycles. The summed E-state index contributed by atoms with van der Waals surface area (Å²) in [5.74, 6) is 0. The minimum atomic E-state index is -0.0558. The molecule has 1 aliphatic rings.